The molecule has 0 unspecified atom stereocenters. The highest BCUT2D eigenvalue weighted by Gasteiger charge is 1.98. The highest BCUT2D eigenvalue weighted by Crippen LogP contribution is 2.03. The SMILES string of the molecule is CC(C)NCCOCc1ccc(COCCNC=O)nc1.CCC. The molecule has 0 aromatic carbocycles. The Labute approximate surface area is 146 Å². The number of nitrogens with zero attached hydrogens (tertiary/aromatic N) is 1. The normalized spacial score (nSPS) is 10.2. The van der Waals surface area contributed by atoms with Crippen molar-refractivity contribution >= 4 is 6.41 Å². The van der Waals surface area contributed by atoms with Gasteiger partial charge in [0.25, 0.3) is 0 Å². The van der Waals surface area contributed by atoms with Crippen LogP contribution in [0.1, 0.15) is 45.4 Å². The van der Waals surface area contributed by atoms with Gasteiger partial charge in [-0.3, -0.25) is 9.78 Å². The van der Waals surface area contributed by atoms with Crippen molar-refractivity contribution in [2.45, 2.75) is 53.4 Å². The van der Waals surface area contributed by atoms with Crippen LogP contribution in [-0.4, -0.2) is 43.7 Å². The van der Waals surface area contributed by atoms with E-state index in [1.165, 1.54) is 6.42 Å². The van der Waals surface area contributed by atoms with Gasteiger partial charge in [-0.2, -0.15) is 0 Å². The van der Waals surface area contributed by atoms with E-state index in [1.54, 1.807) is 6.20 Å². The monoisotopic (exact) mass is 339 g/mol. The van der Waals surface area contributed by atoms with Crippen molar-refractivity contribution in [1.82, 2.24) is 15.6 Å². The van der Waals surface area contributed by atoms with Crippen molar-refractivity contribution < 1.29 is 14.3 Å². The predicted octanol–water partition coefficient (Wildman–Crippen LogP) is 2.28. The topological polar surface area (TPSA) is 72.5 Å². The lowest BCUT2D eigenvalue weighted by molar-refractivity contribution is -0.109. The van der Waals surface area contributed by atoms with Gasteiger partial charge in [0.15, 0.2) is 0 Å². The zero-order valence-electron chi connectivity index (χ0n) is 15.5. The molecular formula is C18H33N3O3. The second kappa shape index (κ2) is 16.4. The summed E-state index contributed by atoms with van der Waals surface area (Å²) in [6, 6.07) is 4.40. The Morgan fingerprint density at radius 3 is 2.38 bits per heavy atom. The van der Waals surface area contributed by atoms with E-state index in [2.05, 4.69) is 43.3 Å². The number of ether oxygens (including phenoxy) is 2. The average Bonchev–Trinajstić information content (AvgIpc) is 2.56. The maximum Gasteiger partial charge on any atom is 0.207 e. The average molecular weight is 339 g/mol. The molecule has 0 spiro atoms. The summed E-state index contributed by atoms with van der Waals surface area (Å²) in [6.07, 6.45) is 3.71. The van der Waals surface area contributed by atoms with Crippen LogP contribution in [-0.2, 0) is 27.5 Å². The molecule has 1 rings (SSSR count). The summed E-state index contributed by atoms with van der Waals surface area (Å²) >= 11 is 0. The highest BCUT2D eigenvalue weighted by molar-refractivity contribution is 5.45. The molecule has 24 heavy (non-hydrogen) atoms. The smallest absolute Gasteiger partial charge is 0.207 e. The molecule has 0 atom stereocenters. The van der Waals surface area contributed by atoms with Crippen molar-refractivity contribution in [3.05, 3.63) is 29.6 Å². The molecule has 1 amide bonds. The van der Waals surface area contributed by atoms with Crippen LogP contribution < -0.4 is 10.6 Å². The number of hydrogen-bond acceptors (Lipinski definition) is 5. The van der Waals surface area contributed by atoms with Crippen molar-refractivity contribution in [1.29, 1.82) is 0 Å². The molecule has 0 saturated heterocycles. The molecule has 0 aliphatic heterocycles. The maximum atomic E-state index is 10.0. The second-order valence-electron chi connectivity index (χ2n) is 5.65. The summed E-state index contributed by atoms with van der Waals surface area (Å²) in [5.41, 5.74) is 1.91. The lowest BCUT2D eigenvalue weighted by atomic mass is 10.2. The van der Waals surface area contributed by atoms with Gasteiger partial charge in [-0.05, 0) is 11.6 Å². The Morgan fingerprint density at radius 2 is 1.79 bits per heavy atom. The van der Waals surface area contributed by atoms with Crippen molar-refractivity contribution in [3.8, 4) is 0 Å². The molecule has 0 radical (unpaired) electrons. The van der Waals surface area contributed by atoms with Gasteiger partial charge in [-0.25, -0.2) is 0 Å². The molecule has 2 N–H and O–H groups in total. The third-order valence-electron chi connectivity index (χ3n) is 2.68. The minimum absolute atomic E-state index is 0.444. The van der Waals surface area contributed by atoms with Gasteiger partial charge >= 0.3 is 0 Å². The van der Waals surface area contributed by atoms with Crippen LogP contribution in [0, 0.1) is 0 Å². The van der Waals surface area contributed by atoms with Crippen LogP contribution in [0.2, 0.25) is 0 Å². The van der Waals surface area contributed by atoms with Crippen LogP contribution in [0.4, 0.5) is 0 Å². The zero-order chi connectivity index (χ0) is 18.0. The Bertz CT molecular complexity index is 397. The molecular weight excluding hydrogens is 306 g/mol. The van der Waals surface area contributed by atoms with Crippen LogP contribution >= 0.6 is 0 Å². The van der Waals surface area contributed by atoms with E-state index >= 15 is 0 Å². The Morgan fingerprint density at radius 1 is 1.12 bits per heavy atom. The van der Waals surface area contributed by atoms with E-state index in [-0.39, 0.29) is 0 Å². The van der Waals surface area contributed by atoms with Gasteiger partial charge < -0.3 is 20.1 Å². The van der Waals surface area contributed by atoms with Crippen molar-refractivity contribution in [2.24, 2.45) is 0 Å². The summed E-state index contributed by atoms with van der Waals surface area (Å²) < 4.78 is 10.9. The first-order valence-electron chi connectivity index (χ1n) is 8.63. The van der Waals surface area contributed by atoms with Gasteiger partial charge in [-0.1, -0.05) is 40.2 Å². The summed E-state index contributed by atoms with van der Waals surface area (Å²) in [6.45, 7) is 12.0. The van der Waals surface area contributed by atoms with E-state index in [0.717, 1.165) is 17.8 Å². The molecule has 138 valence electrons. The fraction of sp³-hybridized carbons (Fsp3) is 0.667. The molecule has 1 aromatic rings. The first kappa shape index (κ1) is 22.5. The highest BCUT2D eigenvalue weighted by atomic mass is 16.5. The summed E-state index contributed by atoms with van der Waals surface area (Å²) in [5, 5.41) is 5.83. The van der Waals surface area contributed by atoms with Gasteiger partial charge in [0.2, 0.25) is 6.41 Å². The summed E-state index contributed by atoms with van der Waals surface area (Å²) in [5.74, 6) is 0. The Kier molecular flexibility index (Phi) is 15.3. The quantitative estimate of drug-likeness (QED) is 0.451. The first-order chi connectivity index (χ1) is 11.6. The van der Waals surface area contributed by atoms with Gasteiger partial charge in [0.1, 0.15) is 0 Å². The fourth-order valence-electron chi connectivity index (χ4n) is 1.60. The predicted molar refractivity (Wildman–Crippen MR) is 96.7 cm³/mol. The van der Waals surface area contributed by atoms with E-state index in [4.69, 9.17) is 9.47 Å². The third kappa shape index (κ3) is 14.1. The number of aromatic nitrogens is 1. The van der Waals surface area contributed by atoms with Crippen LogP contribution in [0.15, 0.2) is 18.3 Å². The standard InChI is InChI=1S/C15H25N3O3.C3H8/c1-13(2)17-6-8-20-10-14-3-4-15(18-9-14)11-21-7-5-16-12-19;1-3-2/h3-4,9,12-13,17H,5-8,10-11H2,1-2H3,(H,16,19);3H2,1-2H3. The Balaban J connectivity index is 0.00000163. The molecule has 6 heteroatoms. The number of nitrogens with one attached hydrogen (secondary N) is 2. The van der Waals surface area contributed by atoms with Gasteiger partial charge in [0, 0.05) is 25.3 Å². The molecule has 0 saturated carbocycles. The number of carbonyl (C=O) groups is 1. The molecule has 1 aromatic heterocycles. The second-order valence-corrected chi connectivity index (χ2v) is 5.65. The third-order valence-corrected chi connectivity index (χ3v) is 2.68. The van der Waals surface area contributed by atoms with E-state index in [0.29, 0.717) is 45.4 Å². The van der Waals surface area contributed by atoms with Gasteiger partial charge in [0.05, 0.1) is 32.1 Å². The first-order valence-corrected chi connectivity index (χ1v) is 8.63. The minimum Gasteiger partial charge on any atom is -0.375 e. The lowest BCUT2D eigenvalue weighted by Crippen LogP contribution is -2.26. The van der Waals surface area contributed by atoms with Crippen LogP contribution in [0.3, 0.4) is 0 Å². The van der Waals surface area contributed by atoms with E-state index in [1.807, 2.05) is 12.1 Å². The largest absolute Gasteiger partial charge is 0.375 e. The molecule has 0 fully saturated rings. The molecule has 0 aliphatic rings. The number of rotatable bonds is 12. The summed E-state index contributed by atoms with van der Waals surface area (Å²) in [4.78, 5) is 14.4. The maximum absolute atomic E-state index is 10.0. The lowest BCUT2D eigenvalue weighted by Gasteiger charge is -2.09. The van der Waals surface area contributed by atoms with Crippen LogP contribution in [0.5, 0.6) is 0 Å². The molecule has 6 nitrogen and oxygen atoms in total. The van der Waals surface area contributed by atoms with Crippen molar-refractivity contribution in [3.63, 3.8) is 0 Å². The number of hydrogen-bond donors (Lipinski definition) is 2. The number of pyridine rings is 1. The number of carbonyl (C=O) groups excluding carboxylic acids is 1. The molecule has 0 aliphatic carbocycles. The zero-order valence-corrected chi connectivity index (χ0v) is 15.5. The van der Waals surface area contributed by atoms with Crippen LogP contribution in [0.25, 0.3) is 0 Å². The summed E-state index contributed by atoms with van der Waals surface area (Å²) in [7, 11) is 0. The molecule has 0 bridgehead atoms. The van der Waals surface area contributed by atoms with Crippen molar-refractivity contribution in [2.75, 3.05) is 26.3 Å². The van der Waals surface area contributed by atoms with E-state index in [9.17, 15) is 4.79 Å². The fourth-order valence-corrected chi connectivity index (χ4v) is 1.60. The van der Waals surface area contributed by atoms with E-state index < -0.39 is 0 Å². The Hall–Kier alpha value is -1.50. The number of amides is 1. The minimum atomic E-state index is 0.444. The molecule has 1 heterocycles. The van der Waals surface area contributed by atoms with Gasteiger partial charge in [-0.15, -0.1) is 0 Å².